The van der Waals surface area contributed by atoms with Crippen molar-refractivity contribution in [1.82, 2.24) is 4.31 Å². The molecule has 0 saturated heterocycles. The minimum Gasteiger partial charge on any atom is -0.459 e. The predicted octanol–water partition coefficient (Wildman–Crippen LogP) is 3.06. The van der Waals surface area contributed by atoms with Crippen molar-refractivity contribution >= 4 is 16.0 Å². The van der Waals surface area contributed by atoms with Gasteiger partial charge in [0.15, 0.2) is 0 Å². The normalized spacial score (nSPS) is 11.9. The molecule has 0 bridgehead atoms. The fourth-order valence-corrected chi connectivity index (χ4v) is 3.67. The summed E-state index contributed by atoms with van der Waals surface area (Å²) in [5, 5.41) is 0. The van der Waals surface area contributed by atoms with Gasteiger partial charge in [-0.2, -0.15) is 4.31 Å². The lowest BCUT2D eigenvalue weighted by Gasteiger charge is -2.21. The minimum absolute atomic E-state index is 0.204. The van der Waals surface area contributed by atoms with Gasteiger partial charge in [-0.15, -0.1) is 0 Å². The number of hydrogen-bond donors (Lipinski definition) is 0. The van der Waals surface area contributed by atoms with E-state index in [-0.39, 0.29) is 11.0 Å². The standard InChI is InChI=1S/C16H25NO4S/c1-5-11-17(12-6-2)22(19,20)15-9-7-14(8-10-15)16(18)21-13(3)4/h7-10,13H,5-6,11-12H2,1-4H3. The number of sulfonamides is 1. The number of hydrogen-bond acceptors (Lipinski definition) is 4. The fourth-order valence-electron chi connectivity index (χ4n) is 2.05. The Balaban J connectivity index is 2.99. The second-order valence-electron chi connectivity index (χ2n) is 5.38. The van der Waals surface area contributed by atoms with Crippen LogP contribution in [0.5, 0.6) is 0 Å². The molecule has 1 aromatic carbocycles. The fraction of sp³-hybridized carbons (Fsp3) is 0.562. The lowest BCUT2D eigenvalue weighted by Crippen LogP contribution is -2.32. The largest absolute Gasteiger partial charge is 0.459 e. The zero-order valence-electron chi connectivity index (χ0n) is 13.7. The van der Waals surface area contributed by atoms with Gasteiger partial charge in [0.1, 0.15) is 0 Å². The maximum Gasteiger partial charge on any atom is 0.338 e. The third-order valence-corrected chi connectivity index (χ3v) is 4.93. The highest BCUT2D eigenvalue weighted by Crippen LogP contribution is 2.18. The first-order valence-electron chi connectivity index (χ1n) is 7.64. The van der Waals surface area contributed by atoms with Gasteiger partial charge < -0.3 is 4.74 Å². The Bertz CT molecular complexity index is 573. The zero-order chi connectivity index (χ0) is 16.8. The number of benzene rings is 1. The van der Waals surface area contributed by atoms with E-state index in [2.05, 4.69) is 0 Å². The van der Waals surface area contributed by atoms with Gasteiger partial charge in [0, 0.05) is 13.1 Å². The van der Waals surface area contributed by atoms with E-state index >= 15 is 0 Å². The van der Waals surface area contributed by atoms with Crippen LogP contribution in [0, 0.1) is 0 Å². The van der Waals surface area contributed by atoms with Crippen LogP contribution in [0.1, 0.15) is 50.9 Å². The van der Waals surface area contributed by atoms with Crippen molar-refractivity contribution < 1.29 is 17.9 Å². The molecule has 0 aliphatic carbocycles. The van der Waals surface area contributed by atoms with Gasteiger partial charge in [0.05, 0.1) is 16.6 Å². The van der Waals surface area contributed by atoms with Crippen molar-refractivity contribution in [2.24, 2.45) is 0 Å². The molecule has 1 rings (SSSR count). The second kappa shape index (κ2) is 8.29. The SMILES string of the molecule is CCCN(CCC)S(=O)(=O)c1ccc(C(=O)OC(C)C)cc1. The molecule has 0 spiro atoms. The van der Waals surface area contributed by atoms with Crippen molar-refractivity contribution in [2.75, 3.05) is 13.1 Å². The Morgan fingerprint density at radius 2 is 1.59 bits per heavy atom. The molecule has 22 heavy (non-hydrogen) atoms. The summed E-state index contributed by atoms with van der Waals surface area (Å²) in [5.41, 5.74) is 0.352. The first-order chi connectivity index (χ1) is 10.3. The Morgan fingerprint density at radius 3 is 2.00 bits per heavy atom. The zero-order valence-corrected chi connectivity index (χ0v) is 14.5. The summed E-state index contributed by atoms with van der Waals surface area (Å²) in [7, 11) is -3.51. The van der Waals surface area contributed by atoms with E-state index in [1.165, 1.54) is 28.6 Å². The van der Waals surface area contributed by atoms with E-state index in [4.69, 9.17) is 4.74 Å². The molecule has 0 amide bonds. The number of rotatable bonds is 8. The quantitative estimate of drug-likeness (QED) is 0.688. The molecule has 0 aliphatic heterocycles. The maximum absolute atomic E-state index is 12.6. The third kappa shape index (κ3) is 4.81. The van der Waals surface area contributed by atoms with Crippen molar-refractivity contribution in [2.45, 2.75) is 51.5 Å². The summed E-state index contributed by atoms with van der Waals surface area (Å²) < 4.78 is 31.7. The van der Waals surface area contributed by atoms with E-state index in [0.29, 0.717) is 18.7 Å². The molecule has 0 saturated carbocycles. The van der Waals surface area contributed by atoms with Crippen LogP contribution in [0.15, 0.2) is 29.2 Å². The number of ether oxygens (including phenoxy) is 1. The Hall–Kier alpha value is -1.40. The molecule has 0 atom stereocenters. The van der Waals surface area contributed by atoms with E-state index in [0.717, 1.165) is 12.8 Å². The highest BCUT2D eigenvalue weighted by Gasteiger charge is 2.23. The summed E-state index contributed by atoms with van der Waals surface area (Å²) in [6.07, 6.45) is 1.32. The highest BCUT2D eigenvalue weighted by atomic mass is 32.2. The minimum atomic E-state index is -3.51. The summed E-state index contributed by atoms with van der Waals surface area (Å²) in [6.45, 7) is 8.42. The smallest absolute Gasteiger partial charge is 0.338 e. The van der Waals surface area contributed by atoms with Gasteiger partial charge in [0.2, 0.25) is 10.0 Å². The summed E-state index contributed by atoms with van der Waals surface area (Å²) in [4.78, 5) is 12.0. The van der Waals surface area contributed by atoms with Crippen LogP contribution in [0.2, 0.25) is 0 Å². The number of carbonyl (C=O) groups excluding carboxylic acids is 1. The average Bonchev–Trinajstić information content (AvgIpc) is 2.46. The van der Waals surface area contributed by atoms with Gasteiger partial charge in [-0.1, -0.05) is 13.8 Å². The number of esters is 1. The van der Waals surface area contributed by atoms with Crippen molar-refractivity contribution in [3.63, 3.8) is 0 Å². The van der Waals surface area contributed by atoms with E-state index in [1.54, 1.807) is 13.8 Å². The topological polar surface area (TPSA) is 63.7 Å². The van der Waals surface area contributed by atoms with Crippen LogP contribution in [0.4, 0.5) is 0 Å². The van der Waals surface area contributed by atoms with Gasteiger partial charge in [-0.3, -0.25) is 0 Å². The van der Waals surface area contributed by atoms with Crippen LogP contribution in [0.25, 0.3) is 0 Å². The van der Waals surface area contributed by atoms with Crippen LogP contribution in [-0.4, -0.2) is 37.9 Å². The average molecular weight is 327 g/mol. The lowest BCUT2D eigenvalue weighted by molar-refractivity contribution is 0.0378. The molecule has 0 aromatic heterocycles. The van der Waals surface area contributed by atoms with Crippen molar-refractivity contribution in [1.29, 1.82) is 0 Å². The third-order valence-electron chi connectivity index (χ3n) is 3.02. The van der Waals surface area contributed by atoms with Crippen LogP contribution < -0.4 is 0 Å². The molecule has 6 heteroatoms. The predicted molar refractivity (Wildman–Crippen MR) is 86.3 cm³/mol. The molecule has 0 N–H and O–H groups in total. The Labute approximate surface area is 133 Å². The van der Waals surface area contributed by atoms with Gasteiger partial charge in [-0.25, -0.2) is 13.2 Å². The first kappa shape index (κ1) is 18.6. The summed E-state index contributed by atoms with van der Waals surface area (Å²) in [6, 6.07) is 5.91. The van der Waals surface area contributed by atoms with E-state index in [1.807, 2.05) is 13.8 Å². The van der Waals surface area contributed by atoms with Gasteiger partial charge >= 0.3 is 5.97 Å². The molecule has 0 fully saturated rings. The number of nitrogens with zero attached hydrogens (tertiary/aromatic N) is 1. The van der Waals surface area contributed by atoms with Crippen LogP contribution in [-0.2, 0) is 14.8 Å². The first-order valence-corrected chi connectivity index (χ1v) is 9.08. The molecule has 0 unspecified atom stereocenters. The molecule has 0 radical (unpaired) electrons. The van der Waals surface area contributed by atoms with Gasteiger partial charge in [-0.05, 0) is 51.0 Å². The lowest BCUT2D eigenvalue weighted by atomic mass is 10.2. The van der Waals surface area contributed by atoms with Crippen molar-refractivity contribution in [3.05, 3.63) is 29.8 Å². The molecular formula is C16H25NO4S. The van der Waals surface area contributed by atoms with Crippen LogP contribution in [0.3, 0.4) is 0 Å². The van der Waals surface area contributed by atoms with Crippen LogP contribution >= 0.6 is 0 Å². The van der Waals surface area contributed by atoms with Crippen molar-refractivity contribution in [3.8, 4) is 0 Å². The Morgan fingerprint density at radius 1 is 1.09 bits per heavy atom. The maximum atomic E-state index is 12.6. The molecule has 0 heterocycles. The number of carbonyl (C=O) groups is 1. The van der Waals surface area contributed by atoms with E-state index < -0.39 is 16.0 Å². The van der Waals surface area contributed by atoms with Gasteiger partial charge in [0.25, 0.3) is 0 Å². The summed E-state index contributed by atoms with van der Waals surface area (Å²) in [5.74, 6) is -0.446. The molecule has 0 aliphatic rings. The second-order valence-corrected chi connectivity index (χ2v) is 7.32. The highest BCUT2D eigenvalue weighted by molar-refractivity contribution is 7.89. The molecule has 5 nitrogen and oxygen atoms in total. The monoisotopic (exact) mass is 327 g/mol. The Kier molecular flexibility index (Phi) is 7.03. The summed E-state index contributed by atoms with van der Waals surface area (Å²) >= 11 is 0. The molecular weight excluding hydrogens is 302 g/mol. The molecule has 1 aromatic rings. The van der Waals surface area contributed by atoms with E-state index in [9.17, 15) is 13.2 Å². The molecule has 124 valence electrons.